The lowest BCUT2D eigenvalue weighted by Gasteiger charge is -2.29. The van der Waals surface area contributed by atoms with E-state index in [4.69, 9.17) is 27.0 Å². The van der Waals surface area contributed by atoms with Gasteiger partial charge in [0, 0.05) is 32.3 Å². The van der Waals surface area contributed by atoms with Gasteiger partial charge in [-0.25, -0.2) is 4.98 Å². The molecule has 0 aliphatic carbocycles. The highest BCUT2D eigenvalue weighted by Gasteiger charge is 2.33. The van der Waals surface area contributed by atoms with Gasteiger partial charge in [0.2, 0.25) is 0 Å². The number of morpholine rings is 1. The number of thiocarbonyl (C=S) groups is 1. The molecule has 1 N–H and O–H groups in total. The van der Waals surface area contributed by atoms with Crippen LogP contribution in [0.4, 0.5) is 5.82 Å². The fourth-order valence-electron chi connectivity index (χ4n) is 3.66. The Morgan fingerprint density at radius 3 is 2.81 bits per heavy atom. The van der Waals surface area contributed by atoms with Crippen molar-refractivity contribution < 1.29 is 19.4 Å². The molecule has 32 heavy (non-hydrogen) atoms. The smallest absolute Gasteiger partial charge is 0.303 e. The first-order valence-corrected chi connectivity index (χ1v) is 11.4. The minimum Gasteiger partial charge on any atom is -0.481 e. The van der Waals surface area contributed by atoms with Crippen LogP contribution in [-0.4, -0.2) is 68.4 Å². The standard InChI is InChI=1S/C21H22N4O5S2/c1-13-4-2-6-24-17(13)22-18(23-8-10-30-11-9-23)14(19(24)28)12-15-20(29)25(21(31)32-15)7-3-5-16(26)27/h2,4,6,12H,3,5,7-11H2,1H3,(H,26,27)/b15-12-. The Morgan fingerprint density at radius 2 is 2.09 bits per heavy atom. The normalized spacial score (nSPS) is 18.2. The Morgan fingerprint density at radius 1 is 1.34 bits per heavy atom. The van der Waals surface area contributed by atoms with Crippen molar-refractivity contribution in [3.05, 3.63) is 44.7 Å². The van der Waals surface area contributed by atoms with Crippen LogP contribution in [0.5, 0.6) is 0 Å². The maximum atomic E-state index is 13.4. The summed E-state index contributed by atoms with van der Waals surface area (Å²) in [6, 6.07) is 3.68. The second-order valence-corrected chi connectivity index (χ2v) is 9.14. The van der Waals surface area contributed by atoms with Crippen molar-refractivity contribution in [2.45, 2.75) is 19.8 Å². The summed E-state index contributed by atoms with van der Waals surface area (Å²) in [4.78, 5) is 45.7. The molecule has 0 saturated carbocycles. The van der Waals surface area contributed by atoms with E-state index in [-0.39, 0.29) is 24.4 Å². The fourth-order valence-corrected chi connectivity index (χ4v) is 4.95. The highest BCUT2D eigenvalue weighted by molar-refractivity contribution is 8.26. The van der Waals surface area contributed by atoms with Gasteiger partial charge in [0.1, 0.15) is 15.8 Å². The lowest BCUT2D eigenvalue weighted by molar-refractivity contribution is -0.137. The molecule has 2 aliphatic rings. The third-order valence-electron chi connectivity index (χ3n) is 5.30. The summed E-state index contributed by atoms with van der Waals surface area (Å²) in [7, 11) is 0. The number of nitrogens with zero attached hydrogens (tertiary/aromatic N) is 4. The third-order valence-corrected chi connectivity index (χ3v) is 6.67. The number of carboxylic acid groups (broad SMARTS) is 1. The van der Waals surface area contributed by atoms with Gasteiger partial charge in [-0.1, -0.05) is 30.0 Å². The largest absolute Gasteiger partial charge is 0.481 e. The van der Waals surface area contributed by atoms with Crippen molar-refractivity contribution in [1.82, 2.24) is 14.3 Å². The van der Waals surface area contributed by atoms with Crippen molar-refractivity contribution >= 4 is 57.7 Å². The van der Waals surface area contributed by atoms with Crippen LogP contribution < -0.4 is 10.5 Å². The number of ether oxygens (including phenoxy) is 1. The molecule has 0 unspecified atom stereocenters. The number of carbonyl (C=O) groups excluding carboxylic acids is 1. The first-order valence-electron chi connectivity index (χ1n) is 10.2. The number of rotatable bonds is 6. The predicted molar refractivity (Wildman–Crippen MR) is 126 cm³/mol. The van der Waals surface area contributed by atoms with E-state index < -0.39 is 5.97 Å². The Labute approximate surface area is 193 Å². The number of carboxylic acids is 1. The third kappa shape index (κ3) is 4.41. The molecule has 4 heterocycles. The van der Waals surface area contributed by atoms with Crippen molar-refractivity contribution in [1.29, 1.82) is 0 Å². The lowest BCUT2D eigenvalue weighted by atomic mass is 10.2. The molecule has 2 saturated heterocycles. The summed E-state index contributed by atoms with van der Waals surface area (Å²) in [6.45, 7) is 4.35. The molecule has 11 heteroatoms. The number of thioether (sulfide) groups is 1. The quantitative estimate of drug-likeness (QED) is 0.496. The molecule has 0 bridgehead atoms. The highest BCUT2D eigenvalue weighted by atomic mass is 32.2. The molecule has 0 aromatic carbocycles. The average molecular weight is 475 g/mol. The molecule has 0 radical (unpaired) electrons. The van der Waals surface area contributed by atoms with E-state index in [2.05, 4.69) is 0 Å². The molecule has 2 aliphatic heterocycles. The first-order chi connectivity index (χ1) is 15.4. The van der Waals surface area contributed by atoms with Gasteiger partial charge in [-0.05, 0) is 31.1 Å². The van der Waals surface area contributed by atoms with Crippen LogP contribution in [0.25, 0.3) is 11.7 Å². The van der Waals surface area contributed by atoms with Crippen LogP contribution in [0.3, 0.4) is 0 Å². The van der Waals surface area contributed by atoms with Gasteiger partial charge in [-0.2, -0.15) is 0 Å². The molecule has 1 amide bonds. The van der Waals surface area contributed by atoms with Crippen LogP contribution in [0, 0.1) is 6.92 Å². The van der Waals surface area contributed by atoms with Gasteiger partial charge < -0.3 is 14.7 Å². The molecule has 2 aromatic heterocycles. The number of amides is 1. The molecule has 9 nitrogen and oxygen atoms in total. The molecule has 4 rings (SSSR count). The van der Waals surface area contributed by atoms with Crippen LogP contribution >= 0.6 is 24.0 Å². The fraction of sp³-hybridized carbons (Fsp3) is 0.381. The van der Waals surface area contributed by atoms with E-state index in [9.17, 15) is 14.4 Å². The number of hydrogen-bond acceptors (Lipinski definition) is 8. The van der Waals surface area contributed by atoms with Crippen molar-refractivity contribution in [2.24, 2.45) is 0 Å². The number of aliphatic carboxylic acids is 1. The lowest BCUT2D eigenvalue weighted by Crippen LogP contribution is -2.38. The van der Waals surface area contributed by atoms with Gasteiger partial charge in [0.05, 0.1) is 23.7 Å². The first kappa shape index (κ1) is 22.4. The minimum absolute atomic E-state index is 0.0490. The second-order valence-electron chi connectivity index (χ2n) is 7.47. The van der Waals surface area contributed by atoms with Crippen LogP contribution in [0.15, 0.2) is 28.0 Å². The molecule has 168 valence electrons. The van der Waals surface area contributed by atoms with E-state index in [1.165, 1.54) is 9.30 Å². The van der Waals surface area contributed by atoms with Crippen LogP contribution in [0.1, 0.15) is 24.0 Å². The maximum Gasteiger partial charge on any atom is 0.303 e. The molecule has 2 fully saturated rings. The number of aryl methyl sites for hydroxylation is 1. The van der Waals surface area contributed by atoms with Crippen LogP contribution in [-0.2, 0) is 14.3 Å². The number of pyridine rings is 1. The Balaban J connectivity index is 1.76. The zero-order valence-electron chi connectivity index (χ0n) is 17.4. The molecule has 0 atom stereocenters. The van der Waals surface area contributed by atoms with E-state index in [0.717, 1.165) is 17.3 Å². The predicted octanol–water partition coefficient (Wildman–Crippen LogP) is 1.91. The summed E-state index contributed by atoms with van der Waals surface area (Å²) in [5, 5.41) is 8.85. The van der Waals surface area contributed by atoms with Crippen molar-refractivity contribution in [3.63, 3.8) is 0 Å². The van der Waals surface area contributed by atoms with Gasteiger partial charge in [0.25, 0.3) is 11.5 Å². The summed E-state index contributed by atoms with van der Waals surface area (Å²) < 4.78 is 7.28. The number of aromatic nitrogens is 2. The van der Waals surface area contributed by atoms with Gasteiger partial charge in [-0.3, -0.25) is 23.7 Å². The zero-order chi connectivity index (χ0) is 22.8. The zero-order valence-corrected chi connectivity index (χ0v) is 19.1. The molecule has 2 aromatic rings. The highest BCUT2D eigenvalue weighted by Crippen LogP contribution is 2.33. The Hall–Kier alpha value is -2.76. The van der Waals surface area contributed by atoms with Crippen LogP contribution in [0.2, 0.25) is 0 Å². The minimum atomic E-state index is -0.924. The number of fused-ring (bicyclic) bond motifs is 1. The number of carbonyl (C=O) groups is 2. The monoisotopic (exact) mass is 474 g/mol. The average Bonchev–Trinajstić information content (AvgIpc) is 3.04. The SMILES string of the molecule is Cc1cccn2c(=O)c(/C=C3\SC(=S)N(CCCC(=O)O)C3=O)c(N3CCOCC3)nc12. The maximum absolute atomic E-state index is 13.4. The van der Waals surface area contributed by atoms with Gasteiger partial charge in [0.15, 0.2) is 0 Å². The molecular weight excluding hydrogens is 452 g/mol. The Bertz CT molecular complexity index is 1190. The van der Waals surface area contributed by atoms with Gasteiger partial charge in [-0.15, -0.1) is 0 Å². The van der Waals surface area contributed by atoms with Crippen molar-refractivity contribution in [3.8, 4) is 0 Å². The number of hydrogen-bond donors (Lipinski definition) is 1. The summed E-state index contributed by atoms with van der Waals surface area (Å²) in [5.41, 5.74) is 1.49. The summed E-state index contributed by atoms with van der Waals surface area (Å²) in [5.74, 6) is -0.734. The molecular formula is C21H22N4O5S2. The van der Waals surface area contributed by atoms with E-state index in [1.54, 1.807) is 18.3 Å². The summed E-state index contributed by atoms with van der Waals surface area (Å²) in [6.07, 6.45) is 3.47. The number of anilines is 1. The second kappa shape index (κ2) is 9.39. The van der Waals surface area contributed by atoms with Crippen molar-refractivity contribution in [2.75, 3.05) is 37.7 Å². The van der Waals surface area contributed by atoms with E-state index in [0.29, 0.717) is 59.0 Å². The van der Waals surface area contributed by atoms with E-state index >= 15 is 0 Å². The van der Waals surface area contributed by atoms with Gasteiger partial charge >= 0.3 is 5.97 Å². The van der Waals surface area contributed by atoms with E-state index in [1.807, 2.05) is 17.9 Å². The summed E-state index contributed by atoms with van der Waals surface area (Å²) >= 11 is 6.44. The molecule has 0 spiro atoms. The Kier molecular flexibility index (Phi) is 6.58. The topological polar surface area (TPSA) is 104 Å².